The summed E-state index contributed by atoms with van der Waals surface area (Å²) in [4.78, 5) is 45.4. The van der Waals surface area contributed by atoms with Crippen LogP contribution in [-0.4, -0.2) is 66.2 Å². The molecule has 0 spiro atoms. The van der Waals surface area contributed by atoms with Crippen molar-refractivity contribution in [1.29, 1.82) is 0 Å². The minimum absolute atomic E-state index is 0.120. The normalized spacial score (nSPS) is 15.1. The van der Waals surface area contributed by atoms with Gasteiger partial charge in [0.2, 0.25) is 0 Å². The summed E-state index contributed by atoms with van der Waals surface area (Å²) in [6.07, 6.45) is 3.86. The monoisotopic (exact) mass is 640 g/mol. The standard InChI is InChI=1S/C37H48N6O4/c1-9-20-42(34(44)46-36(3,4)5)23-31-39-24(2)32(41-31)28-18-14-26(15-19-28)25-12-16-27(17-13-25)29-22-38-33(40-29)30-11-10-21-43(30)35(45)47-37(6,7)8/h12-19,22,30H,9-11,20-21,23H2,1-8H3,(H,38,40)(H,39,41). The summed E-state index contributed by atoms with van der Waals surface area (Å²) >= 11 is 0. The molecule has 1 unspecified atom stereocenters. The molecule has 4 aromatic rings. The molecule has 0 radical (unpaired) electrons. The van der Waals surface area contributed by atoms with Gasteiger partial charge in [0, 0.05) is 36.1 Å². The summed E-state index contributed by atoms with van der Waals surface area (Å²) < 4.78 is 11.2. The Hall–Kier alpha value is -4.60. The van der Waals surface area contributed by atoms with E-state index in [9.17, 15) is 9.59 Å². The number of imidazole rings is 2. The molecule has 5 rings (SSSR count). The first-order chi connectivity index (χ1) is 22.2. The van der Waals surface area contributed by atoms with Gasteiger partial charge in [-0.1, -0.05) is 55.5 Å². The number of aromatic amines is 2. The fourth-order valence-corrected chi connectivity index (χ4v) is 5.79. The summed E-state index contributed by atoms with van der Waals surface area (Å²) in [5.41, 5.74) is 5.74. The number of nitrogens with zero attached hydrogens (tertiary/aromatic N) is 4. The molecule has 2 amide bonds. The molecule has 0 saturated carbocycles. The molecule has 3 heterocycles. The van der Waals surface area contributed by atoms with E-state index < -0.39 is 11.2 Å². The maximum atomic E-state index is 12.8. The van der Waals surface area contributed by atoms with Crippen molar-refractivity contribution in [3.63, 3.8) is 0 Å². The molecular formula is C37H48N6O4. The van der Waals surface area contributed by atoms with Crippen molar-refractivity contribution in [3.8, 4) is 33.6 Å². The van der Waals surface area contributed by atoms with E-state index in [2.05, 4.69) is 58.5 Å². The third kappa shape index (κ3) is 8.41. The zero-order valence-electron chi connectivity index (χ0n) is 28.9. The van der Waals surface area contributed by atoms with E-state index in [0.29, 0.717) is 19.6 Å². The molecule has 1 aliphatic rings. The van der Waals surface area contributed by atoms with Gasteiger partial charge in [-0.15, -0.1) is 0 Å². The first-order valence-corrected chi connectivity index (χ1v) is 16.5. The number of rotatable bonds is 8. The fraction of sp³-hybridized carbons (Fsp3) is 0.459. The van der Waals surface area contributed by atoms with Crippen LogP contribution in [0.5, 0.6) is 0 Å². The number of carbonyl (C=O) groups is 2. The number of amides is 2. The van der Waals surface area contributed by atoms with E-state index >= 15 is 0 Å². The molecule has 0 aliphatic carbocycles. The minimum Gasteiger partial charge on any atom is -0.444 e. The highest BCUT2D eigenvalue weighted by atomic mass is 16.6. The molecule has 1 aliphatic heterocycles. The largest absolute Gasteiger partial charge is 0.444 e. The maximum Gasteiger partial charge on any atom is 0.410 e. The first-order valence-electron chi connectivity index (χ1n) is 16.5. The maximum absolute atomic E-state index is 12.8. The molecule has 1 atom stereocenters. The van der Waals surface area contributed by atoms with Crippen molar-refractivity contribution in [2.24, 2.45) is 0 Å². The Labute approximate surface area is 277 Å². The van der Waals surface area contributed by atoms with Crippen LogP contribution in [0.2, 0.25) is 0 Å². The smallest absolute Gasteiger partial charge is 0.410 e. The fourth-order valence-electron chi connectivity index (χ4n) is 5.79. The topological polar surface area (TPSA) is 116 Å². The molecule has 10 heteroatoms. The lowest BCUT2D eigenvalue weighted by Crippen LogP contribution is -2.37. The second-order valence-corrected chi connectivity index (χ2v) is 14.2. The number of ether oxygens (including phenoxy) is 2. The van der Waals surface area contributed by atoms with Crippen LogP contribution in [0.3, 0.4) is 0 Å². The molecule has 0 bridgehead atoms. The average Bonchev–Trinajstić information content (AvgIpc) is 3.75. The molecule has 10 nitrogen and oxygen atoms in total. The third-order valence-electron chi connectivity index (χ3n) is 7.89. The Morgan fingerprint density at radius 1 is 0.894 bits per heavy atom. The van der Waals surface area contributed by atoms with Crippen LogP contribution in [0.15, 0.2) is 54.7 Å². The van der Waals surface area contributed by atoms with Crippen molar-refractivity contribution >= 4 is 12.2 Å². The zero-order chi connectivity index (χ0) is 33.9. The molecular weight excluding hydrogens is 592 g/mol. The van der Waals surface area contributed by atoms with Crippen molar-refractivity contribution in [1.82, 2.24) is 29.7 Å². The zero-order valence-corrected chi connectivity index (χ0v) is 28.9. The van der Waals surface area contributed by atoms with Gasteiger partial charge in [-0.3, -0.25) is 4.90 Å². The van der Waals surface area contributed by atoms with Crippen LogP contribution in [0, 0.1) is 6.92 Å². The third-order valence-corrected chi connectivity index (χ3v) is 7.89. The number of benzene rings is 2. The Kier molecular flexibility index (Phi) is 9.79. The molecule has 2 aromatic heterocycles. The Morgan fingerprint density at radius 3 is 2.09 bits per heavy atom. The number of hydrogen-bond donors (Lipinski definition) is 2. The van der Waals surface area contributed by atoms with Crippen molar-refractivity contribution in [3.05, 3.63) is 72.1 Å². The quantitative estimate of drug-likeness (QED) is 0.199. The van der Waals surface area contributed by atoms with Gasteiger partial charge in [0.05, 0.1) is 24.0 Å². The lowest BCUT2D eigenvalue weighted by atomic mass is 10.0. The average molecular weight is 641 g/mol. The van der Waals surface area contributed by atoms with E-state index in [1.807, 2.05) is 61.6 Å². The molecule has 250 valence electrons. The summed E-state index contributed by atoms with van der Waals surface area (Å²) in [6, 6.07) is 16.6. The lowest BCUT2D eigenvalue weighted by Gasteiger charge is -2.27. The predicted molar refractivity (Wildman–Crippen MR) is 184 cm³/mol. The number of likely N-dealkylation sites (tertiary alicyclic amines) is 1. The van der Waals surface area contributed by atoms with Crippen LogP contribution in [0.25, 0.3) is 33.6 Å². The summed E-state index contributed by atoms with van der Waals surface area (Å²) in [6.45, 7) is 16.9. The van der Waals surface area contributed by atoms with E-state index in [4.69, 9.17) is 19.4 Å². The van der Waals surface area contributed by atoms with Gasteiger partial charge < -0.3 is 24.3 Å². The summed E-state index contributed by atoms with van der Waals surface area (Å²) in [5, 5.41) is 0. The van der Waals surface area contributed by atoms with Crippen molar-refractivity contribution < 1.29 is 19.1 Å². The number of carbonyl (C=O) groups excluding carboxylic acids is 2. The number of hydrogen-bond acceptors (Lipinski definition) is 6. The number of nitrogens with one attached hydrogen (secondary N) is 2. The first kappa shape index (κ1) is 33.8. The van der Waals surface area contributed by atoms with Gasteiger partial charge in [-0.25, -0.2) is 19.6 Å². The molecule has 1 saturated heterocycles. The van der Waals surface area contributed by atoms with Gasteiger partial charge in [0.25, 0.3) is 0 Å². The number of aromatic nitrogens is 4. The SMILES string of the molecule is CCCN(Cc1nc(-c2ccc(-c3ccc(-c4c[nH]c(C5CCCN5C(=O)OC(C)(C)C)n4)cc3)cc2)c(C)[nH]1)C(=O)OC(C)(C)C. The van der Waals surface area contributed by atoms with Crippen molar-refractivity contribution in [2.75, 3.05) is 13.1 Å². The van der Waals surface area contributed by atoms with E-state index in [1.54, 1.807) is 9.80 Å². The minimum atomic E-state index is -0.556. The van der Waals surface area contributed by atoms with Crippen LogP contribution < -0.4 is 0 Å². The van der Waals surface area contributed by atoms with Gasteiger partial charge in [-0.05, 0) is 78.9 Å². The summed E-state index contributed by atoms with van der Waals surface area (Å²) in [5.74, 6) is 1.51. The number of H-pyrrole nitrogens is 2. The van der Waals surface area contributed by atoms with Gasteiger partial charge in [0.15, 0.2) is 0 Å². The Morgan fingerprint density at radius 2 is 1.49 bits per heavy atom. The van der Waals surface area contributed by atoms with E-state index in [0.717, 1.165) is 70.2 Å². The highest BCUT2D eigenvalue weighted by molar-refractivity contribution is 5.73. The second-order valence-electron chi connectivity index (χ2n) is 14.2. The predicted octanol–water partition coefficient (Wildman–Crippen LogP) is 8.66. The van der Waals surface area contributed by atoms with Gasteiger partial charge in [-0.2, -0.15) is 0 Å². The van der Waals surface area contributed by atoms with Crippen LogP contribution in [0.4, 0.5) is 9.59 Å². The van der Waals surface area contributed by atoms with Gasteiger partial charge in [0.1, 0.15) is 22.9 Å². The highest BCUT2D eigenvalue weighted by Gasteiger charge is 2.35. The summed E-state index contributed by atoms with van der Waals surface area (Å²) in [7, 11) is 0. The van der Waals surface area contributed by atoms with E-state index in [1.165, 1.54) is 0 Å². The molecule has 47 heavy (non-hydrogen) atoms. The van der Waals surface area contributed by atoms with Crippen LogP contribution in [0.1, 0.15) is 91.1 Å². The number of aryl methyl sites for hydroxylation is 1. The van der Waals surface area contributed by atoms with Crippen molar-refractivity contribution in [2.45, 2.75) is 98.4 Å². The highest BCUT2D eigenvalue weighted by Crippen LogP contribution is 2.33. The molecule has 2 N–H and O–H groups in total. The van der Waals surface area contributed by atoms with E-state index in [-0.39, 0.29) is 18.2 Å². The lowest BCUT2D eigenvalue weighted by molar-refractivity contribution is 0.0212. The van der Waals surface area contributed by atoms with Gasteiger partial charge >= 0.3 is 12.2 Å². The van der Waals surface area contributed by atoms with Crippen LogP contribution in [-0.2, 0) is 16.0 Å². The molecule has 1 fully saturated rings. The molecule has 2 aromatic carbocycles. The van der Waals surface area contributed by atoms with Crippen LogP contribution >= 0.6 is 0 Å². The Bertz CT molecular complexity index is 1680. The second kappa shape index (κ2) is 13.6. The Balaban J connectivity index is 1.25.